The van der Waals surface area contributed by atoms with Crippen molar-refractivity contribution in [3.63, 3.8) is 0 Å². The van der Waals surface area contributed by atoms with Gasteiger partial charge in [0.1, 0.15) is 5.82 Å². The lowest BCUT2D eigenvalue weighted by Gasteiger charge is -2.12. The number of rotatable bonds is 4. The lowest BCUT2D eigenvalue weighted by molar-refractivity contribution is 0.537. The lowest BCUT2D eigenvalue weighted by Crippen LogP contribution is -2.16. The normalized spacial score (nSPS) is 16.6. The van der Waals surface area contributed by atoms with Crippen LogP contribution in [0.25, 0.3) is 10.4 Å². The van der Waals surface area contributed by atoms with Crippen LogP contribution in [0.4, 0.5) is 4.39 Å². The monoisotopic (exact) mass is 339 g/mol. The SMILES string of the molecule is CNC(c1ccc(-c2ccc(F)cc2Br)s1)C1CC1. The van der Waals surface area contributed by atoms with Crippen molar-refractivity contribution in [3.8, 4) is 10.4 Å². The van der Waals surface area contributed by atoms with Crippen molar-refractivity contribution in [2.75, 3.05) is 7.05 Å². The third-order valence-electron chi connectivity index (χ3n) is 3.53. The number of thiophene rings is 1. The molecule has 0 aliphatic heterocycles. The highest BCUT2D eigenvalue weighted by atomic mass is 79.9. The van der Waals surface area contributed by atoms with Gasteiger partial charge in [-0.2, -0.15) is 0 Å². The van der Waals surface area contributed by atoms with Gasteiger partial charge in [-0.05, 0) is 56.1 Å². The van der Waals surface area contributed by atoms with E-state index in [9.17, 15) is 4.39 Å². The van der Waals surface area contributed by atoms with E-state index in [4.69, 9.17) is 0 Å². The van der Waals surface area contributed by atoms with Crippen LogP contribution in [-0.2, 0) is 0 Å². The van der Waals surface area contributed by atoms with E-state index in [1.54, 1.807) is 11.3 Å². The molecule has 1 saturated carbocycles. The van der Waals surface area contributed by atoms with Gasteiger partial charge in [-0.15, -0.1) is 11.3 Å². The first-order valence-corrected chi connectivity index (χ1v) is 8.02. The number of hydrogen-bond acceptors (Lipinski definition) is 2. The van der Waals surface area contributed by atoms with Gasteiger partial charge in [-0.3, -0.25) is 0 Å². The molecule has 3 rings (SSSR count). The van der Waals surface area contributed by atoms with Crippen LogP contribution in [0.3, 0.4) is 0 Å². The molecule has 1 aliphatic carbocycles. The van der Waals surface area contributed by atoms with E-state index in [-0.39, 0.29) is 5.82 Å². The second kappa shape index (κ2) is 5.35. The molecule has 0 spiro atoms. The Kier molecular flexibility index (Phi) is 3.74. The maximum atomic E-state index is 13.1. The van der Waals surface area contributed by atoms with Crippen molar-refractivity contribution in [1.29, 1.82) is 0 Å². The van der Waals surface area contributed by atoms with Crippen LogP contribution < -0.4 is 5.32 Å². The van der Waals surface area contributed by atoms with E-state index >= 15 is 0 Å². The van der Waals surface area contributed by atoms with Crippen molar-refractivity contribution >= 4 is 27.3 Å². The first kappa shape index (κ1) is 13.3. The smallest absolute Gasteiger partial charge is 0.124 e. The Hall–Kier alpha value is -0.710. The van der Waals surface area contributed by atoms with E-state index in [0.29, 0.717) is 6.04 Å². The zero-order valence-corrected chi connectivity index (χ0v) is 13.0. The van der Waals surface area contributed by atoms with Crippen molar-refractivity contribution < 1.29 is 4.39 Å². The highest BCUT2D eigenvalue weighted by Crippen LogP contribution is 2.44. The van der Waals surface area contributed by atoms with Crippen LogP contribution in [-0.4, -0.2) is 7.05 Å². The van der Waals surface area contributed by atoms with Crippen LogP contribution in [0.15, 0.2) is 34.8 Å². The number of hydrogen-bond donors (Lipinski definition) is 1. The Labute approximate surface area is 125 Å². The van der Waals surface area contributed by atoms with Gasteiger partial charge in [-0.1, -0.05) is 15.9 Å². The summed E-state index contributed by atoms with van der Waals surface area (Å²) < 4.78 is 13.9. The Morgan fingerprint density at radius 3 is 2.74 bits per heavy atom. The molecule has 1 aliphatic rings. The van der Waals surface area contributed by atoms with Gasteiger partial charge in [0.2, 0.25) is 0 Å². The molecule has 1 aromatic heterocycles. The van der Waals surface area contributed by atoms with Crippen LogP contribution in [0, 0.1) is 11.7 Å². The maximum Gasteiger partial charge on any atom is 0.124 e. The minimum absolute atomic E-state index is 0.210. The van der Waals surface area contributed by atoms with Crippen LogP contribution in [0.1, 0.15) is 23.8 Å². The van der Waals surface area contributed by atoms with Gasteiger partial charge in [0, 0.05) is 25.8 Å². The molecule has 0 amide bonds. The van der Waals surface area contributed by atoms with Crippen LogP contribution >= 0.6 is 27.3 Å². The summed E-state index contributed by atoms with van der Waals surface area (Å²) >= 11 is 5.23. The minimum atomic E-state index is -0.210. The summed E-state index contributed by atoms with van der Waals surface area (Å²) in [5, 5.41) is 3.41. The number of benzene rings is 1. The summed E-state index contributed by atoms with van der Waals surface area (Å²) in [6, 6.07) is 9.65. The van der Waals surface area contributed by atoms with Crippen LogP contribution in [0.5, 0.6) is 0 Å². The largest absolute Gasteiger partial charge is 0.312 e. The summed E-state index contributed by atoms with van der Waals surface area (Å²) in [7, 11) is 2.02. The predicted molar refractivity (Wildman–Crippen MR) is 81.9 cm³/mol. The van der Waals surface area contributed by atoms with Gasteiger partial charge < -0.3 is 5.32 Å². The summed E-state index contributed by atoms with van der Waals surface area (Å²) in [4.78, 5) is 2.55. The Morgan fingerprint density at radius 1 is 1.32 bits per heavy atom. The lowest BCUT2D eigenvalue weighted by atomic mass is 10.1. The molecule has 1 fully saturated rings. The molecule has 1 atom stereocenters. The van der Waals surface area contributed by atoms with E-state index < -0.39 is 0 Å². The summed E-state index contributed by atoms with van der Waals surface area (Å²) in [6.07, 6.45) is 2.64. The van der Waals surface area contributed by atoms with Gasteiger partial charge in [0.25, 0.3) is 0 Å². The van der Waals surface area contributed by atoms with Crippen molar-refractivity contribution in [1.82, 2.24) is 5.32 Å². The Morgan fingerprint density at radius 2 is 2.11 bits per heavy atom. The fourth-order valence-corrected chi connectivity index (χ4v) is 4.34. The molecule has 1 unspecified atom stereocenters. The average Bonchev–Trinajstić information content (AvgIpc) is 3.09. The van der Waals surface area contributed by atoms with Crippen molar-refractivity contribution in [2.24, 2.45) is 5.92 Å². The standard InChI is InChI=1S/C15H15BrFNS/c1-18-15(9-2-3-9)14-7-6-13(19-14)11-5-4-10(17)8-12(11)16/h4-9,15,18H,2-3H2,1H3. The molecule has 0 saturated heterocycles. The second-order valence-electron chi connectivity index (χ2n) is 4.93. The van der Waals surface area contributed by atoms with Gasteiger partial charge in [-0.25, -0.2) is 4.39 Å². The summed E-state index contributed by atoms with van der Waals surface area (Å²) in [5.74, 6) is 0.576. The van der Waals surface area contributed by atoms with Gasteiger partial charge in [0.15, 0.2) is 0 Å². The van der Waals surface area contributed by atoms with Gasteiger partial charge in [0.05, 0.1) is 0 Å². The molecule has 1 nitrogen and oxygen atoms in total. The van der Waals surface area contributed by atoms with E-state index in [1.807, 2.05) is 13.1 Å². The van der Waals surface area contributed by atoms with E-state index in [1.165, 1.54) is 34.7 Å². The number of halogens is 2. The van der Waals surface area contributed by atoms with E-state index in [0.717, 1.165) is 16.0 Å². The molecule has 4 heteroatoms. The molecule has 0 bridgehead atoms. The van der Waals surface area contributed by atoms with Crippen molar-refractivity contribution in [2.45, 2.75) is 18.9 Å². The Balaban J connectivity index is 1.91. The van der Waals surface area contributed by atoms with Crippen LogP contribution in [0.2, 0.25) is 0 Å². The van der Waals surface area contributed by atoms with Crippen molar-refractivity contribution in [3.05, 3.63) is 45.5 Å². The fraction of sp³-hybridized carbons (Fsp3) is 0.333. The quantitative estimate of drug-likeness (QED) is 0.827. The predicted octanol–water partition coefficient (Wildman–Crippen LogP) is 4.99. The molecule has 1 N–H and O–H groups in total. The third-order valence-corrected chi connectivity index (χ3v) is 5.39. The zero-order valence-electron chi connectivity index (χ0n) is 10.6. The Bertz CT molecular complexity index is 592. The first-order valence-electron chi connectivity index (χ1n) is 6.41. The second-order valence-corrected chi connectivity index (χ2v) is 6.90. The molecule has 1 aromatic carbocycles. The molecule has 19 heavy (non-hydrogen) atoms. The third kappa shape index (κ3) is 2.76. The first-order chi connectivity index (χ1) is 9.19. The molecule has 2 aromatic rings. The fourth-order valence-electron chi connectivity index (χ4n) is 2.39. The maximum absolute atomic E-state index is 13.1. The zero-order chi connectivity index (χ0) is 13.4. The molecular weight excluding hydrogens is 325 g/mol. The number of nitrogens with one attached hydrogen (secondary N) is 1. The van der Waals surface area contributed by atoms with Gasteiger partial charge >= 0.3 is 0 Å². The molecule has 0 radical (unpaired) electrons. The minimum Gasteiger partial charge on any atom is -0.312 e. The highest BCUT2D eigenvalue weighted by molar-refractivity contribution is 9.10. The molecule has 1 heterocycles. The van der Waals surface area contributed by atoms with E-state index in [2.05, 4.69) is 33.4 Å². The average molecular weight is 340 g/mol. The summed E-state index contributed by atoms with van der Waals surface area (Å²) in [6.45, 7) is 0. The summed E-state index contributed by atoms with van der Waals surface area (Å²) in [5.41, 5.74) is 1.06. The topological polar surface area (TPSA) is 12.0 Å². The highest BCUT2D eigenvalue weighted by Gasteiger charge is 2.32. The molecular formula is C15H15BrFNS. The molecule has 100 valence electrons.